The minimum atomic E-state index is -0.351. The highest BCUT2D eigenvalue weighted by molar-refractivity contribution is 5.88. The van der Waals surface area contributed by atoms with Crippen molar-refractivity contribution in [2.45, 2.75) is 19.8 Å². The van der Waals surface area contributed by atoms with Crippen LogP contribution in [0.15, 0.2) is 48.2 Å². The van der Waals surface area contributed by atoms with Crippen LogP contribution >= 0.6 is 0 Å². The summed E-state index contributed by atoms with van der Waals surface area (Å²) in [5, 5.41) is 0. The summed E-state index contributed by atoms with van der Waals surface area (Å²) in [4.78, 5) is 15.8. The van der Waals surface area contributed by atoms with Crippen LogP contribution in [0.4, 0.5) is 0 Å². The van der Waals surface area contributed by atoms with Crippen LogP contribution in [0.3, 0.4) is 0 Å². The molecule has 0 unspecified atom stereocenters. The monoisotopic (exact) mass is 279 g/mol. The summed E-state index contributed by atoms with van der Waals surface area (Å²) in [6.07, 6.45) is 3.40. The molecule has 0 saturated carbocycles. The van der Waals surface area contributed by atoms with E-state index in [-0.39, 0.29) is 5.97 Å². The van der Waals surface area contributed by atoms with Gasteiger partial charge in [-0.3, -0.25) is 4.98 Å². The Hall–Kier alpha value is -2.42. The van der Waals surface area contributed by atoms with E-state index in [1.165, 1.54) is 29.4 Å². The summed E-state index contributed by atoms with van der Waals surface area (Å²) < 4.78 is 4.68. The molecule has 0 fully saturated rings. The van der Waals surface area contributed by atoms with Gasteiger partial charge in [-0.25, -0.2) is 4.79 Å². The van der Waals surface area contributed by atoms with Crippen LogP contribution in [0.5, 0.6) is 0 Å². The van der Waals surface area contributed by atoms with Gasteiger partial charge in [0.25, 0.3) is 0 Å². The minimum absolute atomic E-state index is 0.351. The lowest BCUT2D eigenvalue weighted by Gasteiger charge is -2.07. The van der Waals surface area contributed by atoms with Crippen LogP contribution < -0.4 is 0 Å². The van der Waals surface area contributed by atoms with Crippen molar-refractivity contribution < 1.29 is 9.53 Å². The highest BCUT2D eigenvalue weighted by Gasteiger charge is 2.18. The highest BCUT2D eigenvalue weighted by Crippen LogP contribution is 2.34. The van der Waals surface area contributed by atoms with Gasteiger partial charge in [-0.1, -0.05) is 29.8 Å². The summed E-state index contributed by atoms with van der Waals surface area (Å²) in [6.45, 7) is 2.18. The van der Waals surface area contributed by atoms with E-state index in [4.69, 9.17) is 0 Å². The Labute approximate surface area is 124 Å². The zero-order valence-electron chi connectivity index (χ0n) is 12.2. The number of pyridine rings is 1. The van der Waals surface area contributed by atoms with Crippen LogP contribution in [0.2, 0.25) is 0 Å². The SMILES string of the molecule is COC(=O)c1ccc(CC2=C(C)Cc3ccccc32)nc1. The normalized spacial score (nSPS) is 13.2. The average molecular weight is 279 g/mol. The van der Waals surface area contributed by atoms with Gasteiger partial charge >= 0.3 is 5.97 Å². The van der Waals surface area contributed by atoms with E-state index in [0.29, 0.717) is 5.56 Å². The number of nitrogens with zero attached hydrogens (tertiary/aromatic N) is 1. The molecule has 21 heavy (non-hydrogen) atoms. The van der Waals surface area contributed by atoms with Crippen LogP contribution in [0.25, 0.3) is 5.57 Å². The first-order chi connectivity index (χ1) is 10.2. The van der Waals surface area contributed by atoms with Gasteiger partial charge in [0.15, 0.2) is 0 Å². The van der Waals surface area contributed by atoms with Crippen LogP contribution in [0, 0.1) is 0 Å². The molecule has 1 heterocycles. The number of fused-ring (bicyclic) bond motifs is 1. The third-order valence-electron chi connectivity index (χ3n) is 3.92. The molecule has 0 saturated heterocycles. The number of hydrogen-bond acceptors (Lipinski definition) is 3. The number of carbonyl (C=O) groups excluding carboxylic acids is 1. The molecule has 1 aliphatic carbocycles. The molecular weight excluding hydrogens is 262 g/mol. The maximum atomic E-state index is 11.4. The molecule has 3 nitrogen and oxygen atoms in total. The largest absolute Gasteiger partial charge is 0.465 e. The molecule has 0 bridgehead atoms. The number of methoxy groups -OCH3 is 1. The maximum absolute atomic E-state index is 11.4. The van der Waals surface area contributed by atoms with Crippen molar-refractivity contribution in [3.05, 3.63) is 70.6 Å². The molecule has 3 rings (SSSR count). The number of carbonyl (C=O) groups is 1. The summed E-state index contributed by atoms with van der Waals surface area (Å²) in [6, 6.07) is 12.2. The Morgan fingerprint density at radius 2 is 2.05 bits per heavy atom. The van der Waals surface area contributed by atoms with Gasteiger partial charge in [0.2, 0.25) is 0 Å². The quantitative estimate of drug-likeness (QED) is 0.808. The van der Waals surface area contributed by atoms with E-state index in [2.05, 4.69) is 40.9 Å². The van der Waals surface area contributed by atoms with Crippen molar-refractivity contribution >= 4 is 11.5 Å². The molecule has 0 N–H and O–H groups in total. The van der Waals surface area contributed by atoms with E-state index in [0.717, 1.165) is 18.5 Å². The van der Waals surface area contributed by atoms with Gasteiger partial charge in [-0.15, -0.1) is 0 Å². The molecule has 0 aliphatic heterocycles. The lowest BCUT2D eigenvalue weighted by Crippen LogP contribution is -2.03. The highest BCUT2D eigenvalue weighted by atomic mass is 16.5. The zero-order valence-corrected chi connectivity index (χ0v) is 12.2. The van der Waals surface area contributed by atoms with Gasteiger partial charge in [0, 0.05) is 18.3 Å². The smallest absolute Gasteiger partial charge is 0.339 e. The molecule has 0 amide bonds. The molecule has 0 radical (unpaired) electrons. The Kier molecular flexibility index (Phi) is 3.57. The second kappa shape index (κ2) is 5.52. The Morgan fingerprint density at radius 3 is 2.76 bits per heavy atom. The molecule has 0 atom stereocenters. The summed E-state index contributed by atoms with van der Waals surface area (Å²) in [5.41, 5.74) is 6.91. The first-order valence-corrected chi connectivity index (χ1v) is 6.99. The Balaban J connectivity index is 1.84. The molecule has 2 aromatic rings. The molecular formula is C18H17NO2. The van der Waals surface area contributed by atoms with Gasteiger partial charge in [0.1, 0.15) is 0 Å². The lowest BCUT2D eigenvalue weighted by atomic mass is 10.0. The first-order valence-electron chi connectivity index (χ1n) is 6.99. The fourth-order valence-electron chi connectivity index (χ4n) is 2.79. The van der Waals surface area contributed by atoms with Gasteiger partial charge in [0.05, 0.1) is 12.7 Å². The number of benzene rings is 1. The zero-order chi connectivity index (χ0) is 14.8. The number of allylic oxidation sites excluding steroid dienone is 2. The Morgan fingerprint density at radius 1 is 1.24 bits per heavy atom. The summed E-state index contributed by atoms with van der Waals surface area (Å²) in [5.74, 6) is -0.351. The van der Waals surface area contributed by atoms with E-state index >= 15 is 0 Å². The van der Waals surface area contributed by atoms with Crippen molar-refractivity contribution in [3.63, 3.8) is 0 Å². The number of ether oxygens (including phenoxy) is 1. The number of aromatic nitrogens is 1. The topological polar surface area (TPSA) is 39.2 Å². The van der Waals surface area contributed by atoms with Gasteiger partial charge in [-0.2, -0.15) is 0 Å². The molecule has 1 aromatic heterocycles. The summed E-state index contributed by atoms with van der Waals surface area (Å²) in [7, 11) is 1.37. The molecule has 1 aliphatic rings. The van der Waals surface area contributed by atoms with Crippen LogP contribution in [0.1, 0.15) is 34.1 Å². The van der Waals surface area contributed by atoms with Crippen molar-refractivity contribution in [1.29, 1.82) is 0 Å². The number of rotatable bonds is 3. The average Bonchev–Trinajstić information content (AvgIpc) is 2.83. The molecule has 3 heteroatoms. The second-order valence-electron chi connectivity index (χ2n) is 5.30. The van der Waals surface area contributed by atoms with Crippen molar-refractivity contribution in [2.24, 2.45) is 0 Å². The molecule has 106 valence electrons. The van der Waals surface area contributed by atoms with Gasteiger partial charge in [-0.05, 0) is 42.2 Å². The predicted molar refractivity (Wildman–Crippen MR) is 82.0 cm³/mol. The minimum Gasteiger partial charge on any atom is -0.465 e. The fraction of sp³-hybridized carbons (Fsp3) is 0.222. The second-order valence-corrected chi connectivity index (χ2v) is 5.30. The number of hydrogen-bond donors (Lipinski definition) is 0. The van der Waals surface area contributed by atoms with Crippen molar-refractivity contribution in [3.8, 4) is 0 Å². The standard InChI is InChI=1S/C18H17NO2/c1-12-9-13-5-3-4-6-16(13)17(12)10-15-8-7-14(11-19-15)18(20)21-2/h3-8,11H,9-10H2,1-2H3. The Bertz CT molecular complexity index is 714. The third kappa shape index (κ3) is 2.59. The van der Waals surface area contributed by atoms with Crippen molar-refractivity contribution in [1.82, 2.24) is 4.98 Å². The first kappa shape index (κ1) is 13.6. The van der Waals surface area contributed by atoms with Gasteiger partial charge < -0.3 is 4.74 Å². The fourth-order valence-corrected chi connectivity index (χ4v) is 2.79. The maximum Gasteiger partial charge on any atom is 0.339 e. The van der Waals surface area contributed by atoms with E-state index < -0.39 is 0 Å². The third-order valence-corrected chi connectivity index (χ3v) is 3.92. The van der Waals surface area contributed by atoms with E-state index in [1.807, 2.05) is 6.07 Å². The predicted octanol–water partition coefficient (Wildman–Crippen LogP) is 3.44. The molecule has 1 aromatic carbocycles. The van der Waals surface area contributed by atoms with Crippen molar-refractivity contribution in [2.75, 3.05) is 7.11 Å². The summed E-state index contributed by atoms with van der Waals surface area (Å²) >= 11 is 0. The van der Waals surface area contributed by atoms with E-state index in [1.54, 1.807) is 12.3 Å². The van der Waals surface area contributed by atoms with Crippen LogP contribution in [-0.2, 0) is 17.6 Å². The van der Waals surface area contributed by atoms with Crippen LogP contribution in [-0.4, -0.2) is 18.1 Å². The lowest BCUT2D eigenvalue weighted by molar-refractivity contribution is 0.0600. The molecule has 0 spiro atoms. The number of esters is 1. The van der Waals surface area contributed by atoms with E-state index in [9.17, 15) is 4.79 Å².